The van der Waals surface area contributed by atoms with Gasteiger partial charge >= 0.3 is 12.0 Å². The standard InChI is InChI=1S/C11H13N3O3/c15-10(16)8-3-9(6-12-5-8)14-11(17)13-4-7-1-2-7/h3,5-7H,1-2,4H2,(H,15,16)(H2,13,14,17). The number of pyridine rings is 1. The van der Waals surface area contributed by atoms with E-state index in [1.165, 1.54) is 18.5 Å². The summed E-state index contributed by atoms with van der Waals surface area (Å²) in [7, 11) is 0. The summed E-state index contributed by atoms with van der Waals surface area (Å²) in [6.07, 6.45) is 4.96. The second kappa shape index (κ2) is 4.82. The number of carbonyl (C=O) groups is 2. The minimum Gasteiger partial charge on any atom is -0.478 e. The molecule has 1 heterocycles. The molecule has 0 spiro atoms. The van der Waals surface area contributed by atoms with Crippen LogP contribution in [0.1, 0.15) is 23.2 Å². The van der Waals surface area contributed by atoms with Crippen LogP contribution >= 0.6 is 0 Å². The fourth-order valence-corrected chi connectivity index (χ4v) is 1.36. The molecule has 6 nitrogen and oxygen atoms in total. The van der Waals surface area contributed by atoms with Crippen molar-refractivity contribution in [3.8, 4) is 0 Å². The highest BCUT2D eigenvalue weighted by Crippen LogP contribution is 2.27. The number of nitrogens with one attached hydrogen (secondary N) is 2. The molecular weight excluding hydrogens is 222 g/mol. The molecule has 0 bridgehead atoms. The van der Waals surface area contributed by atoms with Crippen molar-refractivity contribution < 1.29 is 14.7 Å². The van der Waals surface area contributed by atoms with Gasteiger partial charge in [-0.1, -0.05) is 0 Å². The van der Waals surface area contributed by atoms with Crippen LogP contribution in [0.4, 0.5) is 10.5 Å². The Kier molecular flexibility index (Phi) is 3.22. The fraction of sp³-hybridized carbons (Fsp3) is 0.364. The zero-order chi connectivity index (χ0) is 12.3. The van der Waals surface area contributed by atoms with Crippen molar-refractivity contribution in [2.75, 3.05) is 11.9 Å². The minimum absolute atomic E-state index is 0.0463. The average molecular weight is 235 g/mol. The molecular formula is C11H13N3O3. The highest BCUT2D eigenvalue weighted by molar-refractivity contribution is 5.92. The number of carboxylic acid groups (broad SMARTS) is 1. The summed E-state index contributed by atoms with van der Waals surface area (Å²) in [6, 6.07) is 1.03. The summed E-state index contributed by atoms with van der Waals surface area (Å²) < 4.78 is 0. The summed E-state index contributed by atoms with van der Waals surface area (Å²) in [5, 5.41) is 14.0. The first-order valence-electron chi connectivity index (χ1n) is 5.38. The molecule has 90 valence electrons. The van der Waals surface area contributed by atoms with Crippen LogP contribution in [-0.4, -0.2) is 28.6 Å². The average Bonchev–Trinajstić information content (AvgIpc) is 3.10. The molecule has 0 aromatic carbocycles. The van der Waals surface area contributed by atoms with E-state index in [0.29, 0.717) is 18.2 Å². The Hall–Kier alpha value is -2.11. The number of anilines is 1. The Balaban J connectivity index is 1.90. The third-order valence-corrected chi connectivity index (χ3v) is 2.49. The van der Waals surface area contributed by atoms with Gasteiger partial charge in [-0.3, -0.25) is 4.98 Å². The van der Waals surface area contributed by atoms with Gasteiger partial charge in [0.05, 0.1) is 17.4 Å². The molecule has 0 saturated heterocycles. The summed E-state index contributed by atoms with van der Waals surface area (Å²) in [6.45, 7) is 0.665. The maximum atomic E-state index is 11.4. The molecule has 1 aliphatic rings. The molecule has 0 radical (unpaired) electrons. The number of amides is 2. The molecule has 0 atom stereocenters. The molecule has 1 aromatic rings. The lowest BCUT2D eigenvalue weighted by Gasteiger charge is -2.06. The van der Waals surface area contributed by atoms with Crippen LogP contribution in [0.25, 0.3) is 0 Å². The maximum absolute atomic E-state index is 11.4. The predicted molar refractivity (Wildman–Crippen MR) is 60.9 cm³/mol. The molecule has 2 amide bonds. The number of carbonyl (C=O) groups excluding carboxylic acids is 1. The molecule has 0 unspecified atom stereocenters. The predicted octanol–water partition coefficient (Wildman–Crippen LogP) is 1.31. The maximum Gasteiger partial charge on any atom is 0.337 e. The second-order valence-electron chi connectivity index (χ2n) is 4.05. The SMILES string of the molecule is O=C(NCC1CC1)Nc1cncc(C(=O)O)c1. The molecule has 0 aliphatic heterocycles. The van der Waals surface area contributed by atoms with Crippen LogP contribution in [0.3, 0.4) is 0 Å². The number of nitrogens with zero attached hydrogens (tertiary/aromatic N) is 1. The van der Waals surface area contributed by atoms with Gasteiger partial charge in [-0.2, -0.15) is 0 Å². The number of carboxylic acids is 1. The second-order valence-corrected chi connectivity index (χ2v) is 4.05. The Bertz CT molecular complexity index is 443. The number of aromatic nitrogens is 1. The largest absolute Gasteiger partial charge is 0.478 e. The zero-order valence-electron chi connectivity index (χ0n) is 9.14. The topological polar surface area (TPSA) is 91.3 Å². The first-order chi connectivity index (χ1) is 8.15. The first-order valence-corrected chi connectivity index (χ1v) is 5.38. The van der Waals surface area contributed by atoms with E-state index in [4.69, 9.17) is 5.11 Å². The molecule has 1 fully saturated rings. The lowest BCUT2D eigenvalue weighted by molar-refractivity contribution is 0.0696. The van der Waals surface area contributed by atoms with E-state index in [1.807, 2.05) is 0 Å². The number of aromatic carboxylic acids is 1. The quantitative estimate of drug-likeness (QED) is 0.733. The van der Waals surface area contributed by atoms with Crippen molar-refractivity contribution in [2.24, 2.45) is 5.92 Å². The minimum atomic E-state index is -1.07. The smallest absolute Gasteiger partial charge is 0.337 e. The van der Waals surface area contributed by atoms with Crippen molar-refractivity contribution in [1.82, 2.24) is 10.3 Å². The highest BCUT2D eigenvalue weighted by Gasteiger charge is 2.21. The Morgan fingerprint density at radius 3 is 2.82 bits per heavy atom. The van der Waals surface area contributed by atoms with Gasteiger partial charge in [0.15, 0.2) is 0 Å². The zero-order valence-corrected chi connectivity index (χ0v) is 9.14. The summed E-state index contributed by atoms with van der Waals surface area (Å²) in [5.74, 6) is -0.469. The van der Waals surface area contributed by atoms with Crippen molar-refractivity contribution in [1.29, 1.82) is 0 Å². The van der Waals surface area contributed by atoms with Crippen LogP contribution < -0.4 is 10.6 Å². The van der Waals surface area contributed by atoms with Gasteiger partial charge in [0, 0.05) is 12.7 Å². The molecule has 1 aromatic heterocycles. The lowest BCUT2D eigenvalue weighted by atomic mass is 10.2. The van der Waals surface area contributed by atoms with E-state index in [2.05, 4.69) is 15.6 Å². The van der Waals surface area contributed by atoms with Gasteiger partial charge in [-0.25, -0.2) is 9.59 Å². The molecule has 17 heavy (non-hydrogen) atoms. The van der Waals surface area contributed by atoms with E-state index in [1.54, 1.807) is 0 Å². The van der Waals surface area contributed by atoms with Gasteiger partial charge in [0.1, 0.15) is 0 Å². The monoisotopic (exact) mass is 235 g/mol. The van der Waals surface area contributed by atoms with E-state index in [0.717, 1.165) is 12.8 Å². The first kappa shape index (κ1) is 11.4. The van der Waals surface area contributed by atoms with E-state index in [9.17, 15) is 9.59 Å². The third kappa shape index (κ3) is 3.44. The Morgan fingerprint density at radius 1 is 1.41 bits per heavy atom. The summed E-state index contributed by atoms with van der Waals surface area (Å²) in [4.78, 5) is 25.9. The Morgan fingerprint density at radius 2 is 2.18 bits per heavy atom. The highest BCUT2D eigenvalue weighted by atomic mass is 16.4. The van der Waals surface area contributed by atoms with Crippen LogP contribution in [-0.2, 0) is 0 Å². The van der Waals surface area contributed by atoms with Gasteiger partial charge < -0.3 is 15.7 Å². The third-order valence-electron chi connectivity index (χ3n) is 2.49. The van der Waals surface area contributed by atoms with Gasteiger partial charge in [0.2, 0.25) is 0 Å². The number of urea groups is 1. The van der Waals surface area contributed by atoms with Gasteiger partial charge in [-0.05, 0) is 24.8 Å². The molecule has 2 rings (SSSR count). The van der Waals surface area contributed by atoms with E-state index >= 15 is 0 Å². The summed E-state index contributed by atoms with van der Waals surface area (Å²) in [5.41, 5.74) is 0.420. The van der Waals surface area contributed by atoms with Crippen LogP contribution in [0.5, 0.6) is 0 Å². The fourth-order valence-electron chi connectivity index (χ4n) is 1.36. The van der Waals surface area contributed by atoms with Crippen molar-refractivity contribution in [3.63, 3.8) is 0 Å². The Labute approximate surface area is 98.1 Å². The van der Waals surface area contributed by atoms with Crippen molar-refractivity contribution >= 4 is 17.7 Å². The number of hydrogen-bond donors (Lipinski definition) is 3. The van der Waals surface area contributed by atoms with Crippen LogP contribution in [0.2, 0.25) is 0 Å². The van der Waals surface area contributed by atoms with Crippen LogP contribution in [0.15, 0.2) is 18.5 Å². The number of hydrogen-bond acceptors (Lipinski definition) is 3. The molecule has 6 heteroatoms. The normalized spacial score (nSPS) is 14.1. The van der Waals surface area contributed by atoms with Crippen LogP contribution in [0, 0.1) is 5.92 Å². The van der Waals surface area contributed by atoms with E-state index in [-0.39, 0.29) is 11.6 Å². The number of rotatable bonds is 4. The van der Waals surface area contributed by atoms with Gasteiger partial charge in [-0.15, -0.1) is 0 Å². The molecule has 3 N–H and O–H groups in total. The van der Waals surface area contributed by atoms with Crippen molar-refractivity contribution in [2.45, 2.75) is 12.8 Å². The van der Waals surface area contributed by atoms with E-state index < -0.39 is 5.97 Å². The lowest BCUT2D eigenvalue weighted by Crippen LogP contribution is -2.30. The van der Waals surface area contributed by atoms with Gasteiger partial charge in [0.25, 0.3) is 0 Å². The molecule has 1 saturated carbocycles. The molecule has 1 aliphatic carbocycles. The summed E-state index contributed by atoms with van der Waals surface area (Å²) >= 11 is 0. The van der Waals surface area contributed by atoms with Crippen molar-refractivity contribution in [3.05, 3.63) is 24.0 Å².